The summed E-state index contributed by atoms with van der Waals surface area (Å²) in [4.78, 5) is 0. The molecule has 0 aromatic carbocycles. The highest BCUT2D eigenvalue weighted by Crippen LogP contribution is 2.23. The summed E-state index contributed by atoms with van der Waals surface area (Å²) in [6, 6.07) is 0. The second-order valence-corrected chi connectivity index (χ2v) is 5.98. The molecule has 0 saturated heterocycles. The molecule has 2 heteroatoms. The zero-order valence-electron chi connectivity index (χ0n) is 6.70. The highest BCUT2D eigenvalue weighted by molar-refractivity contribution is 7.43. The first-order valence-corrected chi connectivity index (χ1v) is 6.45. The van der Waals surface area contributed by atoms with Crippen molar-refractivity contribution in [3.63, 3.8) is 0 Å². The first-order valence-electron chi connectivity index (χ1n) is 3.75. The van der Waals surface area contributed by atoms with Gasteiger partial charge >= 0.3 is 0 Å². The lowest BCUT2D eigenvalue weighted by Crippen LogP contribution is -1.96. The van der Waals surface area contributed by atoms with Crippen LogP contribution in [0.15, 0.2) is 0 Å². The van der Waals surface area contributed by atoms with E-state index in [-0.39, 0.29) is 0 Å². The van der Waals surface area contributed by atoms with Gasteiger partial charge in [-0.1, -0.05) is 20.8 Å². The molecule has 0 fully saturated rings. The summed E-state index contributed by atoms with van der Waals surface area (Å²) in [5.74, 6) is 0. The van der Waals surface area contributed by atoms with Crippen molar-refractivity contribution < 1.29 is 0 Å². The van der Waals surface area contributed by atoms with Crippen molar-refractivity contribution in [2.24, 2.45) is 0 Å². The maximum Gasteiger partial charge on any atom is -0.0228 e. The van der Waals surface area contributed by atoms with Gasteiger partial charge in [-0.3, -0.25) is 0 Å². The second kappa shape index (κ2) is 6.97. The van der Waals surface area contributed by atoms with Crippen LogP contribution in [0.5, 0.6) is 0 Å². The summed E-state index contributed by atoms with van der Waals surface area (Å²) in [5.41, 5.74) is 1.01. The molecule has 56 valence electrons. The standard InChI is InChI=1S/C7H18P2/c1-4-8-6-7(3)9-5-2/h7-9H,4-6H2,1-3H3. The van der Waals surface area contributed by atoms with E-state index in [1.54, 1.807) is 0 Å². The Morgan fingerprint density at radius 2 is 1.89 bits per heavy atom. The summed E-state index contributed by atoms with van der Waals surface area (Å²) in [5, 5.41) is 0. The lowest BCUT2D eigenvalue weighted by molar-refractivity contribution is 1.11. The third-order valence-corrected chi connectivity index (χ3v) is 4.37. The van der Waals surface area contributed by atoms with E-state index in [0.29, 0.717) is 0 Å². The van der Waals surface area contributed by atoms with Crippen molar-refractivity contribution in [2.75, 3.05) is 18.5 Å². The van der Waals surface area contributed by atoms with Crippen LogP contribution in [0, 0.1) is 0 Å². The predicted molar refractivity (Wildman–Crippen MR) is 52.0 cm³/mol. The van der Waals surface area contributed by atoms with Crippen LogP contribution in [-0.4, -0.2) is 24.1 Å². The molecule has 0 saturated carbocycles. The SMILES string of the molecule is CCPCC(C)PCC. The zero-order chi connectivity index (χ0) is 7.11. The lowest BCUT2D eigenvalue weighted by atomic mass is 10.6. The van der Waals surface area contributed by atoms with Gasteiger partial charge in [0.15, 0.2) is 0 Å². The molecule has 0 amide bonds. The van der Waals surface area contributed by atoms with Gasteiger partial charge in [0, 0.05) is 0 Å². The summed E-state index contributed by atoms with van der Waals surface area (Å²) in [7, 11) is 2.42. The topological polar surface area (TPSA) is 0 Å². The normalized spacial score (nSPS) is 16.3. The molecule has 0 bridgehead atoms. The molecule has 0 aromatic heterocycles. The Bertz CT molecular complexity index is 54.9. The van der Waals surface area contributed by atoms with Gasteiger partial charge in [0.05, 0.1) is 0 Å². The highest BCUT2D eigenvalue weighted by Gasteiger charge is 1.96. The van der Waals surface area contributed by atoms with Gasteiger partial charge in [0.25, 0.3) is 0 Å². The van der Waals surface area contributed by atoms with Crippen molar-refractivity contribution in [3.8, 4) is 0 Å². The smallest absolute Gasteiger partial charge is 0.0228 e. The molecule has 0 aliphatic carbocycles. The van der Waals surface area contributed by atoms with E-state index in [0.717, 1.165) is 5.66 Å². The lowest BCUT2D eigenvalue weighted by Gasteiger charge is -2.07. The average Bonchev–Trinajstić information content (AvgIpc) is 1.85. The van der Waals surface area contributed by atoms with Crippen LogP contribution in [0.4, 0.5) is 0 Å². The van der Waals surface area contributed by atoms with E-state index in [1.165, 1.54) is 35.6 Å². The number of rotatable bonds is 5. The van der Waals surface area contributed by atoms with Crippen LogP contribution in [0.25, 0.3) is 0 Å². The van der Waals surface area contributed by atoms with Crippen LogP contribution in [0.3, 0.4) is 0 Å². The highest BCUT2D eigenvalue weighted by atomic mass is 31.1. The molecular formula is C7H18P2. The van der Waals surface area contributed by atoms with Gasteiger partial charge < -0.3 is 0 Å². The molecule has 0 radical (unpaired) electrons. The maximum atomic E-state index is 2.38. The first kappa shape index (κ1) is 9.86. The number of hydrogen-bond acceptors (Lipinski definition) is 0. The molecule has 0 spiro atoms. The van der Waals surface area contributed by atoms with Crippen LogP contribution in [0.1, 0.15) is 20.8 Å². The third-order valence-electron chi connectivity index (χ3n) is 1.25. The minimum absolute atomic E-state index is 1.01. The van der Waals surface area contributed by atoms with E-state index < -0.39 is 0 Å². The van der Waals surface area contributed by atoms with Gasteiger partial charge in [-0.2, -0.15) is 0 Å². The van der Waals surface area contributed by atoms with Crippen LogP contribution < -0.4 is 0 Å². The van der Waals surface area contributed by atoms with Crippen molar-refractivity contribution in [3.05, 3.63) is 0 Å². The van der Waals surface area contributed by atoms with E-state index in [9.17, 15) is 0 Å². The number of hydrogen-bond donors (Lipinski definition) is 0. The van der Waals surface area contributed by atoms with E-state index in [4.69, 9.17) is 0 Å². The van der Waals surface area contributed by atoms with Crippen molar-refractivity contribution >= 4 is 17.2 Å². The summed E-state index contributed by atoms with van der Waals surface area (Å²) >= 11 is 0. The predicted octanol–water partition coefficient (Wildman–Crippen LogP) is 2.77. The van der Waals surface area contributed by atoms with Crippen LogP contribution >= 0.6 is 17.2 Å². The third kappa shape index (κ3) is 6.75. The Labute approximate surface area is 62.8 Å². The largest absolute Gasteiger partial charge is 0.122 e. The summed E-state index contributed by atoms with van der Waals surface area (Å²) in [6.07, 6.45) is 4.25. The molecular weight excluding hydrogens is 146 g/mol. The zero-order valence-corrected chi connectivity index (χ0v) is 8.70. The second-order valence-electron chi connectivity index (χ2n) is 2.27. The Morgan fingerprint density at radius 1 is 1.22 bits per heavy atom. The maximum absolute atomic E-state index is 2.38. The van der Waals surface area contributed by atoms with E-state index in [1.807, 2.05) is 0 Å². The molecule has 0 heterocycles. The Morgan fingerprint density at radius 3 is 2.33 bits per heavy atom. The molecule has 0 nitrogen and oxygen atoms in total. The molecule has 9 heavy (non-hydrogen) atoms. The average molecular weight is 164 g/mol. The van der Waals surface area contributed by atoms with Crippen LogP contribution in [-0.2, 0) is 0 Å². The minimum Gasteiger partial charge on any atom is -0.122 e. The van der Waals surface area contributed by atoms with Crippen molar-refractivity contribution in [2.45, 2.75) is 26.4 Å². The monoisotopic (exact) mass is 164 g/mol. The Hall–Kier alpha value is 0.860. The molecule has 0 rings (SSSR count). The fraction of sp³-hybridized carbons (Fsp3) is 1.00. The fourth-order valence-electron chi connectivity index (χ4n) is 0.781. The van der Waals surface area contributed by atoms with Crippen molar-refractivity contribution in [1.82, 2.24) is 0 Å². The quantitative estimate of drug-likeness (QED) is 0.548. The minimum atomic E-state index is 1.01. The molecule has 3 atom stereocenters. The molecule has 0 aromatic rings. The first-order chi connectivity index (χ1) is 4.31. The summed E-state index contributed by atoms with van der Waals surface area (Å²) < 4.78 is 0. The van der Waals surface area contributed by atoms with E-state index in [2.05, 4.69) is 20.8 Å². The van der Waals surface area contributed by atoms with Gasteiger partial charge in [-0.15, -0.1) is 17.2 Å². The Kier molecular flexibility index (Phi) is 7.64. The van der Waals surface area contributed by atoms with Gasteiger partial charge in [0.2, 0.25) is 0 Å². The molecule has 0 aliphatic heterocycles. The fourth-order valence-corrected chi connectivity index (χ4v) is 3.21. The van der Waals surface area contributed by atoms with Crippen LogP contribution in [0.2, 0.25) is 0 Å². The van der Waals surface area contributed by atoms with Gasteiger partial charge in [-0.05, 0) is 24.1 Å². The molecule has 0 aliphatic rings. The summed E-state index contributed by atoms with van der Waals surface area (Å²) in [6.45, 7) is 6.94. The Balaban J connectivity index is 2.95. The van der Waals surface area contributed by atoms with E-state index >= 15 is 0 Å². The van der Waals surface area contributed by atoms with Crippen molar-refractivity contribution in [1.29, 1.82) is 0 Å². The molecule has 0 N–H and O–H groups in total. The van der Waals surface area contributed by atoms with Gasteiger partial charge in [0.1, 0.15) is 0 Å². The van der Waals surface area contributed by atoms with Gasteiger partial charge in [-0.25, -0.2) is 0 Å². The molecule has 3 unspecified atom stereocenters.